The van der Waals surface area contributed by atoms with E-state index in [4.69, 9.17) is 9.47 Å². The first-order valence-electron chi connectivity index (χ1n) is 11.1. The second kappa shape index (κ2) is 10.9. The van der Waals surface area contributed by atoms with Gasteiger partial charge in [0.15, 0.2) is 0 Å². The van der Waals surface area contributed by atoms with Crippen molar-refractivity contribution in [3.8, 4) is 17.6 Å². The monoisotopic (exact) mass is 391 g/mol. The summed E-state index contributed by atoms with van der Waals surface area (Å²) in [5.74, 6) is 3.03. The van der Waals surface area contributed by atoms with Crippen LogP contribution in [0.2, 0.25) is 0 Å². The van der Waals surface area contributed by atoms with Crippen LogP contribution >= 0.6 is 0 Å². The van der Waals surface area contributed by atoms with E-state index in [2.05, 4.69) is 26.0 Å². The Morgan fingerprint density at radius 1 is 0.931 bits per heavy atom. The fourth-order valence-corrected chi connectivity index (χ4v) is 4.27. The van der Waals surface area contributed by atoms with Crippen molar-refractivity contribution in [3.63, 3.8) is 0 Å². The number of nitriles is 1. The van der Waals surface area contributed by atoms with Crippen molar-refractivity contribution in [2.24, 2.45) is 5.92 Å². The van der Waals surface area contributed by atoms with E-state index >= 15 is 0 Å². The first kappa shape index (κ1) is 21.2. The molecule has 0 unspecified atom stereocenters. The van der Waals surface area contributed by atoms with Gasteiger partial charge in [-0.25, -0.2) is 0 Å². The molecule has 0 atom stereocenters. The summed E-state index contributed by atoms with van der Waals surface area (Å²) in [6.45, 7) is 5.55. The minimum Gasteiger partial charge on any atom is -0.494 e. The third-order valence-corrected chi connectivity index (χ3v) is 5.93. The zero-order valence-corrected chi connectivity index (χ0v) is 17.8. The summed E-state index contributed by atoms with van der Waals surface area (Å²) < 4.78 is 11.6. The van der Waals surface area contributed by atoms with Gasteiger partial charge in [-0.3, -0.25) is 0 Å². The van der Waals surface area contributed by atoms with E-state index in [-0.39, 0.29) is 0 Å². The van der Waals surface area contributed by atoms with Crippen LogP contribution in [0.5, 0.6) is 11.5 Å². The van der Waals surface area contributed by atoms with E-state index in [0.717, 1.165) is 30.3 Å². The molecule has 0 saturated heterocycles. The molecule has 154 valence electrons. The second-order valence-electron chi connectivity index (χ2n) is 8.15. The maximum absolute atomic E-state index is 9.62. The van der Waals surface area contributed by atoms with E-state index in [1.165, 1.54) is 44.1 Å². The van der Waals surface area contributed by atoms with E-state index in [1.807, 2.05) is 36.4 Å². The van der Waals surface area contributed by atoms with Crippen LogP contribution in [0.1, 0.15) is 81.4 Å². The van der Waals surface area contributed by atoms with Crippen LogP contribution in [0, 0.1) is 17.2 Å². The normalized spacial score (nSPS) is 18.8. The average Bonchev–Trinajstić information content (AvgIpc) is 2.77. The van der Waals surface area contributed by atoms with Gasteiger partial charge in [0, 0.05) is 0 Å². The van der Waals surface area contributed by atoms with Gasteiger partial charge in [-0.2, -0.15) is 5.26 Å². The van der Waals surface area contributed by atoms with Crippen molar-refractivity contribution < 1.29 is 9.47 Å². The summed E-state index contributed by atoms with van der Waals surface area (Å²) in [6.07, 6.45) is 8.75. The SMILES string of the molecule is CCCOc1ccc(COc2ccc(C3CCC(CCC)CC3)cc2C#N)cc1. The van der Waals surface area contributed by atoms with Gasteiger partial charge in [0.2, 0.25) is 0 Å². The molecule has 1 saturated carbocycles. The van der Waals surface area contributed by atoms with Crippen molar-refractivity contribution >= 4 is 0 Å². The number of nitrogens with zero attached hydrogens (tertiary/aromatic N) is 1. The Hall–Kier alpha value is -2.47. The average molecular weight is 392 g/mol. The highest BCUT2D eigenvalue weighted by Crippen LogP contribution is 2.38. The first-order chi connectivity index (χ1) is 14.2. The van der Waals surface area contributed by atoms with Gasteiger partial charge >= 0.3 is 0 Å². The zero-order chi connectivity index (χ0) is 20.5. The molecule has 2 aromatic carbocycles. The summed E-state index contributed by atoms with van der Waals surface area (Å²) >= 11 is 0. The van der Waals surface area contributed by atoms with Gasteiger partial charge in [0.1, 0.15) is 24.2 Å². The standard InChI is InChI=1S/C26H33NO2/c1-3-5-20-6-10-22(11-7-20)23-12-15-26(24(17-23)18-27)29-19-21-8-13-25(14-9-21)28-16-4-2/h8-9,12-15,17,20,22H,3-7,10-11,16,19H2,1-2H3. The molecule has 1 fully saturated rings. The first-order valence-corrected chi connectivity index (χ1v) is 11.1. The highest BCUT2D eigenvalue weighted by Gasteiger charge is 2.22. The smallest absolute Gasteiger partial charge is 0.137 e. The highest BCUT2D eigenvalue weighted by molar-refractivity contribution is 5.46. The molecule has 1 aliphatic carbocycles. The molecular formula is C26H33NO2. The predicted octanol–water partition coefficient (Wildman–Crippen LogP) is 7.00. The van der Waals surface area contributed by atoms with Gasteiger partial charge in [0.25, 0.3) is 0 Å². The number of benzene rings is 2. The van der Waals surface area contributed by atoms with Gasteiger partial charge < -0.3 is 9.47 Å². The van der Waals surface area contributed by atoms with Gasteiger partial charge in [-0.1, -0.05) is 44.9 Å². The van der Waals surface area contributed by atoms with Crippen molar-refractivity contribution in [2.75, 3.05) is 6.61 Å². The molecule has 0 N–H and O–H groups in total. The van der Waals surface area contributed by atoms with Crippen LogP contribution in [-0.2, 0) is 6.61 Å². The molecule has 0 radical (unpaired) electrons. The lowest BCUT2D eigenvalue weighted by molar-refractivity contribution is 0.301. The molecule has 2 aromatic rings. The second-order valence-corrected chi connectivity index (χ2v) is 8.15. The Morgan fingerprint density at radius 2 is 1.69 bits per heavy atom. The fourth-order valence-electron chi connectivity index (χ4n) is 4.27. The van der Waals surface area contributed by atoms with Crippen LogP contribution in [0.25, 0.3) is 0 Å². The van der Waals surface area contributed by atoms with Crippen LogP contribution < -0.4 is 9.47 Å². The zero-order valence-electron chi connectivity index (χ0n) is 17.8. The molecule has 0 amide bonds. The molecular weight excluding hydrogens is 358 g/mol. The van der Waals surface area contributed by atoms with Crippen LogP contribution in [-0.4, -0.2) is 6.61 Å². The Labute approximate surface area is 175 Å². The minimum absolute atomic E-state index is 0.449. The number of hydrogen-bond donors (Lipinski definition) is 0. The van der Waals surface area contributed by atoms with Crippen molar-refractivity contribution in [1.29, 1.82) is 5.26 Å². The molecule has 0 aliphatic heterocycles. The van der Waals surface area contributed by atoms with Crippen LogP contribution in [0.4, 0.5) is 0 Å². The summed E-state index contributed by atoms with van der Waals surface area (Å²) in [7, 11) is 0. The number of ether oxygens (including phenoxy) is 2. The number of hydrogen-bond acceptors (Lipinski definition) is 3. The van der Waals surface area contributed by atoms with E-state index < -0.39 is 0 Å². The Balaban J connectivity index is 1.59. The van der Waals surface area contributed by atoms with Crippen molar-refractivity contribution in [1.82, 2.24) is 0 Å². The summed E-state index contributed by atoms with van der Waals surface area (Å²) in [6, 6.07) is 16.5. The molecule has 0 spiro atoms. The largest absolute Gasteiger partial charge is 0.494 e. The Kier molecular flexibility index (Phi) is 7.99. The van der Waals surface area contributed by atoms with Crippen LogP contribution in [0.3, 0.4) is 0 Å². The van der Waals surface area contributed by atoms with Crippen molar-refractivity contribution in [2.45, 2.75) is 71.3 Å². The van der Waals surface area contributed by atoms with E-state index in [0.29, 0.717) is 23.8 Å². The lowest BCUT2D eigenvalue weighted by Gasteiger charge is -2.28. The number of rotatable bonds is 9. The van der Waals surface area contributed by atoms with Gasteiger partial charge in [-0.05, 0) is 79.3 Å². The van der Waals surface area contributed by atoms with Gasteiger partial charge in [0.05, 0.1) is 12.2 Å². The summed E-state index contributed by atoms with van der Waals surface area (Å²) in [5, 5.41) is 9.62. The quantitative estimate of drug-likeness (QED) is 0.462. The predicted molar refractivity (Wildman–Crippen MR) is 117 cm³/mol. The lowest BCUT2D eigenvalue weighted by atomic mass is 9.77. The van der Waals surface area contributed by atoms with E-state index in [9.17, 15) is 5.26 Å². The molecule has 3 heteroatoms. The molecule has 29 heavy (non-hydrogen) atoms. The van der Waals surface area contributed by atoms with Crippen molar-refractivity contribution in [3.05, 3.63) is 59.2 Å². The molecule has 0 bridgehead atoms. The van der Waals surface area contributed by atoms with Crippen LogP contribution in [0.15, 0.2) is 42.5 Å². The maximum Gasteiger partial charge on any atom is 0.137 e. The minimum atomic E-state index is 0.449. The molecule has 0 heterocycles. The molecule has 3 nitrogen and oxygen atoms in total. The molecule has 1 aliphatic rings. The Morgan fingerprint density at radius 3 is 2.34 bits per heavy atom. The highest BCUT2D eigenvalue weighted by atomic mass is 16.5. The molecule has 0 aromatic heterocycles. The third kappa shape index (κ3) is 6.00. The summed E-state index contributed by atoms with van der Waals surface area (Å²) in [4.78, 5) is 0. The van der Waals surface area contributed by atoms with Gasteiger partial charge in [-0.15, -0.1) is 0 Å². The molecule has 3 rings (SSSR count). The maximum atomic E-state index is 9.62. The fraction of sp³-hybridized carbons (Fsp3) is 0.500. The Bertz CT molecular complexity index is 798. The lowest BCUT2D eigenvalue weighted by Crippen LogP contribution is -2.13. The summed E-state index contributed by atoms with van der Waals surface area (Å²) in [5.41, 5.74) is 3.00. The third-order valence-electron chi connectivity index (χ3n) is 5.93. The topological polar surface area (TPSA) is 42.2 Å². The van der Waals surface area contributed by atoms with E-state index in [1.54, 1.807) is 0 Å².